The van der Waals surface area contributed by atoms with Crippen LogP contribution in [0.25, 0.3) is 27.3 Å². The molecule has 3 aromatic heterocycles. The monoisotopic (exact) mass is 413 g/mol. The summed E-state index contributed by atoms with van der Waals surface area (Å²) in [7, 11) is 0. The van der Waals surface area contributed by atoms with Gasteiger partial charge >= 0.3 is 0 Å². The minimum absolute atomic E-state index is 0.303. The molecule has 0 saturated carbocycles. The Kier molecular flexibility index (Phi) is 4.60. The summed E-state index contributed by atoms with van der Waals surface area (Å²) in [5, 5.41) is 5.64. The number of para-hydroxylation sites is 1. The number of pyridine rings is 1. The molecule has 3 heterocycles. The van der Waals surface area contributed by atoms with Gasteiger partial charge in [-0.15, -0.1) is 11.3 Å². The first-order valence-electron chi connectivity index (χ1n) is 9.76. The molecule has 3 nitrogen and oxygen atoms in total. The van der Waals surface area contributed by atoms with E-state index in [2.05, 4.69) is 54.9 Å². The third-order valence-electron chi connectivity index (χ3n) is 5.28. The van der Waals surface area contributed by atoms with Gasteiger partial charge in [-0.3, -0.25) is 4.40 Å². The van der Waals surface area contributed by atoms with E-state index < -0.39 is 0 Å². The molecule has 0 bridgehead atoms. The third-order valence-corrected chi connectivity index (χ3v) is 6.18. The molecule has 0 saturated heterocycles. The van der Waals surface area contributed by atoms with Gasteiger partial charge in [-0.1, -0.05) is 48.5 Å². The van der Waals surface area contributed by atoms with Crippen molar-refractivity contribution in [2.75, 3.05) is 5.32 Å². The second kappa shape index (κ2) is 7.43. The van der Waals surface area contributed by atoms with Crippen molar-refractivity contribution in [2.45, 2.75) is 13.8 Å². The quantitative estimate of drug-likeness (QED) is 0.337. The topological polar surface area (TPSA) is 29.3 Å². The van der Waals surface area contributed by atoms with Crippen LogP contribution in [0.3, 0.4) is 0 Å². The van der Waals surface area contributed by atoms with Crippen molar-refractivity contribution in [3.63, 3.8) is 0 Å². The summed E-state index contributed by atoms with van der Waals surface area (Å²) in [5.41, 5.74) is 6.88. The smallest absolute Gasteiger partial charge is 0.143 e. The van der Waals surface area contributed by atoms with Gasteiger partial charge in [0, 0.05) is 27.9 Å². The summed E-state index contributed by atoms with van der Waals surface area (Å²) in [6.45, 7) is 4.14. The molecule has 5 rings (SSSR count). The highest BCUT2D eigenvalue weighted by Gasteiger charge is 2.19. The second-order valence-corrected chi connectivity index (χ2v) is 8.25. The number of halogens is 1. The van der Waals surface area contributed by atoms with Gasteiger partial charge in [-0.2, -0.15) is 0 Å². The van der Waals surface area contributed by atoms with Crippen LogP contribution in [0.2, 0.25) is 0 Å². The zero-order valence-electron chi connectivity index (χ0n) is 16.7. The molecular formula is C25H20FN3S. The van der Waals surface area contributed by atoms with Gasteiger partial charge in [0.15, 0.2) is 0 Å². The number of thiophene rings is 1. The van der Waals surface area contributed by atoms with Crippen molar-refractivity contribution < 1.29 is 4.39 Å². The van der Waals surface area contributed by atoms with Crippen LogP contribution in [0.1, 0.15) is 11.1 Å². The molecule has 0 spiro atoms. The summed E-state index contributed by atoms with van der Waals surface area (Å²) >= 11 is 1.69. The van der Waals surface area contributed by atoms with Gasteiger partial charge in [0.2, 0.25) is 0 Å². The fourth-order valence-corrected chi connectivity index (χ4v) is 4.56. The normalized spacial score (nSPS) is 11.2. The minimum Gasteiger partial charge on any atom is -0.339 e. The number of aryl methyl sites for hydroxylation is 2. The van der Waals surface area contributed by atoms with Crippen molar-refractivity contribution in [2.24, 2.45) is 0 Å². The first-order valence-corrected chi connectivity index (χ1v) is 10.6. The molecule has 0 amide bonds. The molecule has 0 unspecified atom stereocenters. The van der Waals surface area contributed by atoms with Gasteiger partial charge in [0.25, 0.3) is 0 Å². The minimum atomic E-state index is -0.303. The zero-order valence-corrected chi connectivity index (χ0v) is 17.5. The largest absolute Gasteiger partial charge is 0.339 e. The van der Waals surface area contributed by atoms with Crippen molar-refractivity contribution >= 4 is 28.5 Å². The summed E-state index contributed by atoms with van der Waals surface area (Å²) in [5.74, 6) is 0.452. The van der Waals surface area contributed by atoms with Gasteiger partial charge < -0.3 is 5.32 Å². The number of nitrogens with zero attached hydrogens (tertiary/aromatic N) is 2. The highest BCUT2D eigenvalue weighted by atomic mass is 32.1. The van der Waals surface area contributed by atoms with Crippen LogP contribution >= 0.6 is 11.3 Å². The van der Waals surface area contributed by atoms with Gasteiger partial charge in [-0.05, 0) is 48.6 Å². The molecule has 5 heteroatoms. The number of hydrogen-bond donors (Lipinski definition) is 1. The van der Waals surface area contributed by atoms with E-state index in [1.807, 2.05) is 24.3 Å². The predicted octanol–water partition coefficient (Wildman–Crippen LogP) is 7.23. The molecule has 148 valence electrons. The van der Waals surface area contributed by atoms with Crippen molar-refractivity contribution in [3.8, 4) is 21.7 Å². The van der Waals surface area contributed by atoms with Gasteiger partial charge in [-0.25, -0.2) is 9.37 Å². The summed E-state index contributed by atoms with van der Waals surface area (Å²) < 4.78 is 15.9. The van der Waals surface area contributed by atoms with Crippen LogP contribution in [-0.2, 0) is 0 Å². The van der Waals surface area contributed by atoms with E-state index in [-0.39, 0.29) is 5.82 Å². The molecule has 0 fully saturated rings. The molecule has 0 aliphatic heterocycles. The molecule has 1 N–H and O–H groups in total. The first-order chi connectivity index (χ1) is 14.6. The second-order valence-electron chi connectivity index (χ2n) is 7.30. The molecule has 5 aromatic rings. The Morgan fingerprint density at radius 3 is 2.37 bits per heavy atom. The Bertz CT molecular complexity index is 1330. The van der Waals surface area contributed by atoms with E-state index in [1.165, 1.54) is 17.1 Å². The van der Waals surface area contributed by atoms with E-state index in [0.717, 1.165) is 39.5 Å². The van der Waals surface area contributed by atoms with Crippen molar-refractivity contribution in [3.05, 3.63) is 95.3 Å². The van der Waals surface area contributed by atoms with E-state index in [0.29, 0.717) is 5.65 Å². The fourth-order valence-electron chi connectivity index (χ4n) is 3.79. The number of aromatic nitrogens is 2. The summed E-state index contributed by atoms with van der Waals surface area (Å²) in [6.07, 6.45) is 1.48. The molecule has 0 aliphatic carbocycles. The third kappa shape index (κ3) is 3.17. The molecule has 0 aliphatic rings. The maximum Gasteiger partial charge on any atom is 0.143 e. The van der Waals surface area contributed by atoms with E-state index >= 15 is 0 Å². The Hall–Kier alpha value is -3.44. The van der Waals surface area contributed by atoms with Crippen molar-refractivity contribution in [1.29, 1.82) is 0 Å². The van der Waals surface area contributed by atoms with E-state index in [1.54, 1.807) is 21.8 Å². The van der Waals surface area contributed by atoms with Crippen LogP contribution in [0.5, 0.6) is 0 Å². The number of imidazole rings is 1. The summed E-state index contributed by atoms with van der Waals surface area (Å²) in [6, 6.07) is 21.7. The van der Waals surface area contributed by atoms with Crippen LogP contribution < -0.4 is 5.32 Å². The number of nitrogens with one attached hydrogen (secondary N) is 1. The fraction of sp³-hybridized carbons (Fsp3) is 0.0800. The summed E-state index contributed by atoms with van der Waals surface area (Å²) in [4.78, 5) is 6.06. The number of hydrogen-bond acceptors (Lipinski definition) is 3. The predicted molar refractivity (Wildman–Crippen MR) is 123 cm³/mol. The maximum atomic E-state index is 14.2. The highest BCUT2D eigenvalue weighted by molar-refractivity contribution is 7.13. The van der Waals surface area contributed by atoms with Crippen LogP contribution in [0.15, 0.2) is 78.3 Å². The Morgan fingerprint density at radius 1 is 0.867 bits per heavy atom. The molecule has 30 heavy (non-hydrogen) atoms. The average molecular weight is 414 g/mol. The van der Waals surface area contributed by atoms with Crippen LogP contribution in [0, 0.1) is 19.7 Å². The lowest BCUT2D eigenvalue weighted by Crippen LogP contribution is -2.01. The Balaban J connectivity index is 1.77. The lowest BCUT2D eigenvalue weighted by molar-refractivity contribution is 0.619. The van der Waals surface area contributed by atoms with Crippen molar-refractivity contribution in [1.82, 2.24) is 9.38 Å². The lowest BCUT2D eigenvalue weighted by Gasteiger charge is -2.15. The standard InChI is InChI=1S/C25H20FN3S/c1-16-7-5-8-17(2)23(16)28-25-24(27-22-13-12-18(26)15-29(22)25)20-10-4-3-9-19(20)21-11-6-14-30-21/h3-15,28H,1-2H3. The number of anilines is 2. The maximum absolute atomic E-state index is 14.2. The number of benzene rings is 2. The number of fused-ring (bicyclic) bond motifs is 1. The number of rotatable bonds is 4. The zero-order chi connectivity index (χ0) is 20.7. The van der Waals surface area contributed by atoms with E-state index in [4.69, 9.17) is 4.98 Å². The van der Waals surface area contributed by atoms with Gasteiger partial charge in [0.05, 0.1) is 0 Å². The molecule has 2 aromatic carbocycles. The average Bonchev–Trinajstić information content (AvgIpc) is 3.39. The van der Waals surface area contributed by atoms with E-state index in [9.17, 15) is 4.39 Å². The first kappa shape index (κ1) is 18.6. The van der Waals surface area contributed by atoms with Crippen LogP contribution in [-0.4, -0.2) is 9.38 Å². The lowest BCUT2D eigenvalue weighted by atomic mass is 10.0. The van der Waals surface area contributed by atoms with Crippen LogP contribution in [0.4, 0.5) is 15.9 Å². The molecule has 0 radical (unpaired) electrons. The SMILES string of the molecule is Cc1cccc(C)c1Nc1c(-c2ccccc2-c2cccs2)nc2ccc(F)cn12. The Labute approximate surface area is 178 Å². The van der Waals surface area contributed by atoms with Gasteiger partial charge in [0.1, 0.15) is 23.0 Å². The molecule has 0 atom stereocenters. The Morgan fingerprint density at radius 2 is 1.63 bits per heavy atom. The molecular weight excluding hydrogens is 393 g/mol. The highest BCUT2D eigenvalue weighted by Crippen LogP contribution is 2.39.